The molecule has 0 aromatic carbocycles. The largest absolute Gasteiger partial charge is 0.151 e. The summed E-state index contributed by atoms with van der Waals surface area (Å²) in [4.78, 5) is 1.53. The van der Waals surface area contributed by atoms with Gasteiger partial charge in [-0.05, 0) is 38.2 Å². The third-order valence-corrected chi connectivity index (χ3v) is 7.69. The second kappa shape index (κ2) is 7.85. The molecule has 1 aliphatic rings. The molecule has 0 bridgehead atoms. The molecule has 1 rings (SSSR count). The molecule has 0 fully saturated rings. The molecule has 0 radical (unpaired) electrons. The average molecular weight is 257 g/mol. The molecule has 0 saturated carbocycles. The summed E-state index contributed by atoms with van der Waals surface area (Å²) < 4.78 is 0. The van der Waals surface area contributed by atoms with Gasteiger partial charge in [0.05, 0.1) is 0 Å². The van der Waals surface area contributed by atoms with Crippen LogP contribution in [0, 0.1) is 0 Å². The monoisotopic (exact) mass is 256 g/mol. The predicted molar refractivity (Wildman–Crippen MR) is 70.9 cm³/mol. The van der Waals surface area contributed by atoms with Crippen molar-refractivity contribution >= 4 is 54.9 Å². The van der Waals surface area contributed by atoms with Gasteiger partial charge in [0.15, 0.2) is 0 Å². The molecule has 0 nitrogen and oxygen atoms in total. The molecule has 1 aliphatic heterocycles. The van der Waals surface area contributed by atoms with Crippen molar-refractivity contribution in [1.82, 2.24) is 0 Å². The first-order chi connectivity index (χ1) is 5.93. The minimum atomic E-state index is 1.21. The Hall–Kier alpha value is 1.49. The molecule has 0 N–H and O–H groups in total. The van der Waals surface area contributed by atoms with Crippen LogP contribution in [0.2, 0.25) is 0 Å². The van der Waals surface area contributed by atoms with Crippen LogP contribution in [0.3, 0.4) is 0 Å². The van der Waals surface area contributed by atoms with Crippen LogP contribution in [0.15, 0.2) is 10.3 Å². The van der Waals surface area contributed by atoms with Crippen molar-refractivity contribution in [2.24, 2.45) is 0 Å². The molecule has 0 aliphatic carbocycles. The molecule has 0 aromatic heterocycles. The lowest BCUT2D eigenvalue weighted by atomic mass is 10.6. The minimum absolute atomic E-state index is 1.21. The highest BCUT2D eigenvalue weighted by molar-refractivity contribution is 9.11. The summed E-state index contributed by atoms with van der Waals surface area (Å²) in [6, 6.07) is 0. The van der Waals surface area contributed by atoms with Gasteiger partial charge in [0.2, 0.25) is 0 Å². The maximum absolute atomic E-state index is 2.27. The van der Waals surface area contributed by atoms with Gasteiger partial charge in [-0.25, -0.2) is 0 Å². The molecule has 1 heterocycles. The van der Waals surface area contributed by atoms with E-state index in [-0.39, 0.29) is 0 Å². The normalized spacial score (nSPS) is 16.6. The summed E-state index contributed by atoms with van der Waals surface area (Å²) in [6.45, 7) is 2.24. The second-order valence-corrected chi connectivity index (χ2v) is 8.63. The van der Waals surface area contributed by atoms with Gasteiger partial charge in [-0.15, -0.1) is 11.8 Å². The first kappa shape index (κ1) is 11.6. The quantitative estimate of drug-likeness (QED) is 0.382. The van der Waals surface area contributed by atoms with Gasteiger partial charge < -0.3 is 0 Å². The van der Waals surface area contributed by atoms with Gasteiger partial charge in [-0.2, -0.15) is 11.8 Å². The molecule has 0 amide bonds. The van der Waals surface area contributed by atoms with Crippen molar-refractivity contribution in [3.8, 4) is 0 Å². The van der Waals surface area contributed by atoms with Crippen LogP contribution < -0.4 is 0 Å². The van der Waals surface area contributed by atoms with Crippen molar-refractivity contribution in [2.45, 2.75) is 13.3 Å². The van der Waals surface area contributed by atoms with E-state index in [0.29, 0.717) is 0 Å². The summed E-state index contributed by atoms with van der Waals surface area (Å²) >= 11 is 4.09. The fourth-order valence-electron chi connectivity index (χ4n) is 0.619. The Morgan fingerprint density at radius 2 is 2.33 bits per heavy atom. The molecule has 0 saturated heterocycles. The molecule has 0 spiro atoms. The Bertz CT molecular complexity index is 145. The van der Waals surface area contributed by atoms with Crippen LogP contribution in [0.1, 0.15) is 13.3 Å². The number of rotatable bonds is 6. The molecule has 70 valence electrons. The molecule has 0 aromatic rings. The number of thioether (sulfide) groups is 2. The van der Waals surface area contributed by atoms with E-state index >= 15 is 0 Å². The zero-order valence-corrected chi connectivity index (χ0v) is 11.0. The van der Waals surface area contributed by atoms with Gasteiger partial charge in [-0.1, -0.05) is 17.7 Å². The summed E-state index contributed by atoms with van der Waals surface area (Å²) in [5, 5.41) is 3.52. The fourth-order valence-corrected chi connectivity index (χ4v) is 6.98. The first-order valence-corrected chi connectivity index (χ1v) is 9.63. The maximum atomic E-state index is 2.27. The van der Waals surface area contributed by atoms with Gasteiger partial charge in [0.25, 0.3) is 0 Å². The van der Waals surface area contributed by atoms with Crippen LogP contribution in [0.4, 0.5) is 0 Å². The fraction of sp³-hybridized carbons (Fsp3) is 0.714. The van der Waals surface area contributed by atoms with Crippen molar-refractivity contribution in [1.29, 1.82) is 0 Å². The van der Waals surface area contributed by atoms with Crippen LogP contribution in [0.5, 0.6) is 0 Å². The molecule has 0 atom stereocenters. The van der Waals surface area contributed by atoms with E-state index < -0.39 is 0 Å². The standard InChI is InChI=1S/C7H12S5/c1-2-3-8-6-9-4-7-5-10-12-11-7/h5H,2-4,6H2,1H3. The molecule has 5 heteroatoms. The zero-order chi connectivity index (χ0) is 8.65. The van der Waals surface area contributed by atoms with Gasteiger partial charge in [0, 0.05) is 15.7 Å². The van der Waals surface area contributed by atoms with Gasteiger partial charge >= 0.3 is 0 Å². The van der Waals surface area contributed by atoms with E-state index in [9.17, 15) is 0 Å². The maximum Gasteiger partial charge on any atom is 0.0395 e. The molecule has 0 unspecified atom stereocenters. The number of hydrogen-bond acceptors (Lipinski definition) is 5. The van der Waals surface area contributed by atoms with Crippen LogP contribution in [-0.4, -0.2) is 16.6 Å². The highest BCUT2D eigenvalue weighted by Gasteiger charge is 2.05. The summed E-state index contributed by atoms with van der Waals surface area (Å²) in [5.41, 5.74) is 0. The highest BCUT2D eigenvalue weighted by atomic mass is 33.5. The van der Waals surface area contributed by atoms with Crippen molar-refractivity contribution in [2.75, 3.05) is 16.6 Å². The summed E-state index contributed by atoms with van der Waals surface area (Å²) in [5.74, 6) is 2.52. The SMILES string of the molecule is CCCSCSCC1=CSSS1. The minimum Gasteiger partial charge on any atom is -0.151 e. The Balaban J connectivity index is 1.88. The van der Waals surface area contributed by atoms with E-state index in [2.05, 4.69) is 12.3 Å². The molecular weight excluding hydrogens is 244 g/mol. The lowest BCUT2D eigenvalue weighted by molar-refractivity contribution is 1.11. The van der Waals surface area contributed by atoms with Crippen LogP contribution in [0.25, 0.3) is 0 Å². The van der Waals surface area contributed by atoms with E-state index in [0.717, 1.165) is 0 Å². The van der Waals surface area contributed by atoms with Crippen molar-refractivity contribution in [3.05, 3.63) is 10.3 Å². The summed E-state index contributed by atoms with van der Waals surface area (Å²) in [6.07, 6.45) is 1.30. The lowest BCUT2D eigenvalue weighted by Gasteiger charge is -1.99. The Kier molecular flexibility index (Phi) is 7.57. The van der Waals surface area contributed by atoms with E-state index in [1.165, 1.54) is 27.9 Å². The Morgan fingerprint density at radius 1 is 1.42 bits per heavy atom. The van der Waals surface area contributed by atoms with E-state index in [1.807, 2.05) is 54.9 Å². The topological polar surface area (TPSA) is 0 Å². The van der Waals surface area contributed by atoms with Crippen molar-refractivity contribution < 1.29 is 0 Å². The molecule has 12 heavy (non-hydrogen) atoms. The molecular formula is C7H12S5. The van der Waals surface area contributed by atoms with Gasteiger partial charge in [0.1, 0.15) is 0 Å². The lowest BCUT2D eigenvalue weighted by Crippen LogP contribution is -1.81. The summed E-state index contributed by atoms with van der Waals surface area (Å²) in [7, 11) is 5.64. The van der Waals surface area contributed by atoms with Crippen LogP contribution in [-0.2, 0) is 0 Å². The average Bonchev–Trinajstić information content (AvgIpc) is 2.57. The van der Waals surface area contributed by atoms with Crippen LogP contribution >= 0.6 is 54.9 Å². The third-order valence-electron chi connectivity index (χ3n) is 1.12. The predicted octanol–water partition coefficient (Wildman–Crippen LogP) is 4.70. The zero-order valence-electron chi connectivity index (χ0n) is 6.95. The Morgan fingerprint density at radius 3 is 3.00 bits per heavy atom. The van der Waals surface area contributed by atoms with E-state index in [1.54, 1.807) is 0 Å². The Labute approximate surface area is 94.6 Å². The van der Waals surface area contributed by atoms with E-state index in [4.69, 9.17) is 0 Å². The smallest absolute Gasteiger partial charge is 0.0395 e. The third kappa shape index (κ3) is 5.27. The van der Waals surface area contributed by atoms with Gasteiger partial charge in [-0.3, -0.25) is 0 Å². The first-order valence-electron chi connectivity index (χ1n) is 3.78. The highest BCUT2D eigenvalue weighted by Crippen LogP contribution is 2.49. The van der Waals surface area contributed by atoms with Crippen molar-refractivity contribution in [3.63, 3.8) is 0 Å². The second-order valence-electron chi connectivity index (χ2n) is 2.21. The number of hydrogen-bond donors (Lipinski definition) is 0.